The van der Waals surface area contributed by atoms with Gasteiger partial charge in [0.15, 0.2) is 5.82 Å². The van der Waals surface area contributed by atoms with Gasteiger partial charge in [0.2, 0.25) is 11.8 Å². The summed E-state index contributed by atoms with van der Waals surface area (Å²) in [5, 5.41) is 6.63. The Bertz CT molecular complexity index is 707. The number of aryl methyl sites for hydroxylation is 1. The Morgan fingerprint density at radius 3 is 2.75 bits per heavy atom. The second-order valence-corrected chi connectivity index (χ2v) is 6.38. The molecule has 1 amide bonds. The van der Waals surface area contributed by atoms with Gasteiger partial charge >= 0.3 is 0 Å². The number of anilines is 1. The summed E-state index contributed by atoms with van der Waals surface area (Å²) in [6.45, 7) is 8.12. The summed E-state index contributed by atoms with van der Waals surface area (Å²) < 4.78 is 23.7. The van der Waals surface area contributed by atoms with Crippen molar-refractivity contribution >= 4 is 11.6 Å². The Morgan fingerprint density at radius 2 is 2.12 bits per heavy atom. The second-order valence-electron chi connectivity index (χ2n) is 6.38. The number of amides is 1. The Kier molecular flexibility index (Phi) is 5.54. The van der Waals surface area contributed by atoms with Gasteiger partial charge in [-0.05, 0) is 19.1 Å². The van der Waals surface area contributed by atoms with Crippen LogP contribution in [0.25, 0.3) is 0 Å². The number of rotatable bonds is 6. The van der Waals surface area contributed by atoms with Crippen molar-refractivity contribution in [3.05, 3.63) is 35.7 Å². The van der Waals surface area contributed by atoms with Gasteiger partial charge in [0, 0.05) is 24.3 Å². The summed E-state index contributed by atoms with van der Waals surface area (Å²) in [5.74, 6) is 0.669. The second kappa shape index (κ2) is 7.42. The highest BCUT2D eigenvalue weighted by molar-refractivity contribution is 5.92. The van der Waals surface area contributed by atoms with E-state index in [4.69, 9.17) is 9.26 Å². The van der Waals surface area contributed by atoms with Gasteiger partial charge in [-0.2, -0.15) is 4.98 Å². The van der Waals surface area contributed by atoms with Crippen molar-refractivity contribution in [2.24, 2.45) is 0 Å². The number of ether oxygens (including phenoxy) is 1. The molecule has 0 radical (unpaired) electrons. The summed E-state index contributed by atoms with van der Waals surface area (Å²) >= 11 is 0. The van der Waals surface area contributed by atoms with Crippen LogP contribution in [-0.2, 0) is 16.6 Å². The standard InChI is InChI=1S/C17H22FN3O3/c1-5-23-13-10-11(18)6-7-12(13)19-14(22)8-9-15-20-16(21-24-15)17(2,3)4/h6-7,10H,5,8-9H2,1-4H3,(H,19,22). The third-order valence-electron chi connectivity index (χ3n) is 3.22. The van der Waals surface area contributed by atoms with Gasteiger partial charge in [-0.15, -0.1) is 0 Å². The molecule has 0 aliphatic carbocycles. The number of carbonyl (C=O) groups excluding carboxylic acids is 1. The molecule has 1 aromatic carbocycles. The zero-order valence-electron chi connectivity index (χ0n) is 14.4. The predicted molar refractivity (Wildman–Crippen MR) is 87.5 cm³/mol. The first kappa shape index (κ1) is 17.9. The fourth-order valence-electron chi connectivity index (χ4n) is 1.97. The number of halogens is 1. The number of hydrogen-bond acceptors (Lipinski definition) is 5. The molecule has 0 unspecified atom stereocenters. The largest absolute Gasteiger partial charge is 0.492 e. The topological polar surface area (TPSA) is 77.2 Å². The summed E-state index contributed by atoms with van der Waals surface area (Å²) in [5.41, 5.74) is 0.231. The number of carbonyl (C=O) groups is 1. The van der Waals surface area contributed by atoms with Crippen LogP contribution in [0, 0.1) is 5.82 Å². The molecule has 1 aromatic heterocycles. The third kappa shape index (κ3) is 4.78. The SMILES string of the molecule is CCOc1cc(F)ccc1NC(=O)CCc1nc(C(C)(C)C)no1. The summed E-state index contributed by atoms with van der Waals surface area (Å²) in [6, 6.07) is 3.99. The van der Waals surface area contributed by atoms with Gasteiger partial charge in [-0.25, -0.2) is 4.39 Å². The zero-order chi connectivity index (χ0) is 17.7. The van der Waals surface area contributed by atoms with Crippen molar-refractivity contribution in [2.75, 3.05) is 11.9 Å². The summed E-state index contributed by atoms with van der Waals surface area (Å²) in [6.07, 6.45) is 0.509. The van der Waals surface area contributed by atoms with E-state index in [9.17, 15) is 9.18 Å². The molecule has 7 heteroatoms. The molecule has 1 N–H and O–H groups in total. The number of hydrogen-bond donors (Lipinski definition) is 1. The van der Waals surface area contributed by atoms with E-state index in [1.807, 2.05) is 20.8 Å². The van der Waals surface area contributed by atoms with Crippen molar-refractivity contribution in [3.8, 4) is 5.75 Å². The molecule has 6 nitrogen and oxygen atoms in total. The number of aromatic nitrogens is 2. The van der Waals surface area contributed by atoms with E-state index in [0.29, 0.717) is 36.2 Å². The third-order valence-corrected chi connectivity index (χ3v) is 3.22. The molecule has 0 aliphatic heterocycles. The highest BCUT2D eigenvalue weighted by atomic mass is 19.1. The Labute approximate surface area is 140 Å². The van der Waals surface area contributed by atoms with Gasteiger partial charge in [-0.3, -0.25) is 4.79 Å². The van der Waals surface area contributed by atoms with Crippen molar-refractivity contribution < 1.29 is 18.4 Å². The number of nitrogens with zero attached hydrogens (tertiary/aromatic N) is 2. The van der Waals surface area contributed by atoms with Crippen LogP contribution in [0.15, 0.2) is 22.7 Å². The van der Waals surface area contributed by atoms with Crippen LogP contribution < -0.4 is 10.1 Å². The fourth-order valence-corrected chi connectivity index (χ4v) is 1.97. The lowest BCUT2D eigenvalue weighted by Crippen LogP contribution is -2.14. The average Bonchev–Trinajstić information content (AvgIpc) is 2.97. The Hall–Kier alpha value is -2.44. The maximum atomic E-state index is 13.3. The van der Waals surface area contributed by atoms with E-state index >= 15 is 0 Å². The normalized spacial score (nSPS) is 11.4. The lowest BCUT2D eigenvalue weighted by Gasteiger charge is -2.11. The van der Waals surface area contributed by atoms with E-state index in [1.54, 1.807) is 6.92 Å². The number of nitrogens with one attached hydrogen (secondary N) is 1. The molecule has 0 atom stereocenters. The fraction of sp³-hybridized carbons (Fsp3) is 0.471. The molecular weight excluding hydrogens is 313 g/mol. The average molecular weight is 335 g/mol. The van der Waals surface area contributed by atoms with Crippen LogP contribution in [0.3, 0.4) is 0 Å². The molecule has 2 rings (SSSR count). The van der Waals surface area contributed by atoms with E-state index in [0.717, 1.165) is 0 Å². The Morgan fingerprint density at radius 1 is 1.38 bits per heavy atom. The predicted octanol–water partition coefficient (Wildman–Crippen LogP) is 3.48. The number of benzene rings is 1. The van der Waals surface area contributed by atoms with E-state index in [2.05, 4.69) is 15.5 Å². The molecule has 0 saturated heterocycles. The molecule has 1 heterocycles. The minimum absolute atomic E-state index is 0.175. The lowest BCUT2D eigenvalue weighted by atomic mass is 9.96. The van der Waals surface area contributed by atoms with E-state index < -0.39 is 5.82 Å². The quantitative estimate of drug-likeness (QED) is 0.874. The van der Waals surface area contributed by atoms with E-state index in [1.165, 1.54) is 18.2 Å². The van der Waals surface area contributed by atoms with Gasteiger partial charge in [-0.1, -0.05) is 25.9 Å². The van der Waals surface area contributed by atoms with Gasteiger partial charge in [0.25, 0.3) is 0 Å². The molecule has 0 aliphatic rings. The Balaban J connectivity index is 1.95. The van der Waals surface area contributed by atoms with E-state index in [-0.39, 0.29) is 17.7 Å². The summed E-state index contributed by atoms with van der Waals surface area (Å²) in [7, 11) is 0. The molecule has 130 valence electrons. The van der Waals surface area contributed by atoms with Crippen molar-refractivity contribution in [1.82, 2.24) is 10.1 Å². The lowest BCUT2D eigenvalue weighted by molar-refractivity contribution is -0.116. The van der Waals surface area contributed by atoms with Gasteiger partial charge in [0.05, 0.1) is 12.3 Å². The van der Waals surface area contributed by atoms with Crippen molar-refractivity contribution in [1.29, 1.82) is 0 Å². The molecular formula is C17H22FN3O3. The van der Waals surface area contributed by atoms with Crippen molar-refractivity contribution in [3.63, 3.8) is 0 Å². The minimum atomic E-state index is -0.419. The maximum Gasteiger partial charge on any atom is 0.227 e. The molecule has 24 heavy (non-hydrogen) atoms. The van der Waals surface area contributed by atoms with Crippen LogP contribution >= 0.6 is 0 Å². The van der Waals surface area contributed by atoms with Crippen LogP contribution in [-0.4, -0.2) is 22.7 Å². The van der Waals surface area contributed by atoms with Crippen LogP contribution in [0.4, 0.5) is 10.1 Å². The first-order valence-corrected chi connectivity index (χ1v) is 7.85. The zero-order valence-corrected chi connectivity index (χ0v) is 14.4. The molecule has 0 saturated carbocycles. The van der Waals surface area contributed by atoms with Crippen LogP contribution in [0.1, 0.15) is 45.8 Å². The van der Waals surface area contributed by atoms with Crippen LogP contribution in [0.5, 0.6) is 5.75 Å². The first-order valence-electron chi connectivity index (χ1n) is 7.85. The molecule has 2 aromatic rings. The molecule has 0 bridgehead atoms. The monoisotopic (exact) mass is 335 g/mol. The highest BCUT2D eigenvalue weighted by Crippen LogP contribution is 2.25. The summed E-state index contributed by atoms with van der Waals surface area (Å²) in [4.78, 5) is 16.4. The van der Waals surface area contributed by atoms with Gasteiger partial charge < -0.3 is 14.6 Å². The van der Waals surface area contributed by atoms with Crippen molar-refractivity contribution in [2.45, 2.75) is 46.0 Å². The highest BCUT2D eigenvalue weighted by Gasteiger charge is 2.21. The minimum Gasteiger partial charge on any atom is -0.492 e. The smallest absolute Gasteiger partial charge is 0.227 e. The van der Waals surface area contributed by atoms with Crippen LogP contribution in [0.2, 0.25) is 0 Å². The van der Waals surface area contributed by atoms with Gasteiger partial charge in [0.1, 0.15) is 11.6 Å². The first-order chi connectivity index (χ1) is 11.3. The molecule has 0 fully saturated rings. The molecule has 0 spiro atoms. The maximum absolute atomic E-state index is 13.3.